The summed E-state index contributed by atoms with van der Waals surface area (Å²) in [5, 5.41) is 0. The lowest BCUT2D eigenvalue weighted by molar-refractivity contribution is 0.478. The van der Waals surface area contributed by atoms with E-state index in [9.17, 15) is 0 Å². The average molecular weight is 181 g/mol. The lowest BCUT2D eigenvalue weighted by Crippen LogP contribution is -1.97. The van der Waals surface area contributed by atoms with Crippen LogP contribution in [-0.4, -0.2) is 14.2 Å². The maximum absolute atomic E-state index is 4.90. The molecule has 4 heteroatoms. The van der Waals surface area contributed by atoms with E-state index in [-0.39, 0.29) is 0 Å². The molecule has 0 atom stereocenters. The highest BCUT2D eigenvalue weighted by molar-refractivity contribution is 8.16. The standard InChI is InChI=1S/C6H13O2S2/c1-5(2)6(9-7-3)10-8-4/h5H,1-4H3. The van der Waals surface area contributed by atoms with Gasteiger partial charge in [-0.1, -0.05) is 13.8 Å². The van der Waals surface area contributed by atoms with Gasteiger partial charge in [-0.3, -0.25) is 0 Å². The molecular formula is C6H13O2S2. The first-order valence-corrected chi connectivity index (χ1v) is 4.48. The molecule has 0 saturated heterocycles. The Morgan fingerprint density at radius 2 is 1.50 bits per heavy atom. The Balaban J connectivity index is 3.50. The number of hydrogen-bond acceptors (Lipinski definition) is 4. The van der Waals surface area contributed by atoms with Gasteiger partial charge in [-0.05, 0) is 5.92 Å². The van der Waals surface area contributed by atoms with E-state index in [4.69, 9.17) is 8.37 Å². The summed E-state index contributed by atoms with van der Waals surface area (Å²) in [6.07, 6.45) is 0. The van der Waals surface area contributed by atoms with E-state index in [0.717, 1.165) is 4.58 Å². The summed E-state index contributed by atoms with van der Waals surface area (Å²) in [4.78, 5) is 0. The van der Waals surface area contributed by atoms with Gasteiger partial charge in [0.15, 0.2) is 0 Å². The molecular weight excluding hydrogens is 168 g/mol. The third-order valence-corrected chi connectivity index (χ3v) is 2.82. The van der Waals surface area contributed by atoms with Crippen LogP contribution >= 0.6 is 24.1 Å². The van der Waals surface area contributed by atoms with E-state index in [2.05, 4.69) is 13.8 Å². The molecule has 2 nitrogen and oxygen atoms in total. The second-order valence-corrected chi connectivity index (χ2v) is 4.11. The van der Waals surface area contributed by atoms with Crippen molar-refractivity contribution in [3.8, 4) is 0 Å². The van der Waals surface area contributed by atoms with Gasteiger partial charge in [0.25, 0.3) is 0 Å². The van der Waals surface area contributed by atoms with E-state index < -0.39 is 0 Å². The summed E-state index contributed by atoms with van der Waals surface area (Å²) in [5.41, 5.74) is 0. The molecule has 0 aromatic heterocycles. The summed E-state index contributed by atoms with van der Waals surface area (Å²) in [6.45, 7) is 4.21. The minimum atomic E-state index is 0.481. The maximum atomic E-state index is 4.90. The molecule has 0 aliphatic heterocycles. The Labute approximate surface area is 71.5 Å². The topological polar surface area (TPSA) is 18.5 Å². The second kappa shape index (κ2) is 6.34. The van der Waals surface area contributed by atoms with Gasteiger partial charge in [0, 0.05) is 24.1 Å². The lowest BCUT2D eigenvalue weighted by atomic mass is 10.3. The van der Waals surface area contributed by atoms with Crippen molar-refractivity contribution in [2.45, 2.75) is 13.8 Å². The molecule has 0 N–H and O–H groups in total. The second-order valence-electron chi connectivity index (χ2n) is 1.97. The predicted molar refractivity (Wildman–Crippen MR) is 47.3 cm³/mol. The SMILES string of the molecule is COS[C](SOC)C(C)C. The Morgan fingerprint density at radius 3 is 1.70 bits per heavy atom. The van der Waals surface area contributed by atoms with Crippen LogP contribution in [0.25, 0.3) is 0 Å². The van der Waals surface area contributed by atoms with Crippen molar-refractivity contribution in [2.75, 3.05) is 14.2 Å². The van der Waals surface area contributed by atoms with E-state index in [1.54, 1.807) is 14.2 Å². The third kappa shape index (κ3) is 4.44. The van der Waals surface area contributed by atoms with Gasteiger partial charge in [0.05, 0.1) is 14.2 Å². The smallest absolute Gasteiger partial charge is 0.144 e. The van der Waals surface area contributed by atoms with Crippen molar-refractivity contribution in [3.63, 3.8) is 0 Å². The van der Waals surface area contributed by atoms with Crippen LogP contribution in [0.2, 0.25) is 0 Å². The fraction of sp³-hybridized carbons (Fsp3) is 0.833. The summed E-state index contributed by atoms with van der Waals surface area (Å²) >= 11 is 2.73. The van der Waals surface area contributed by atoms with Crippen molar-refractivity contribution < 1.29 is 8.37 Å². The molecule has 0 aromatic carbocycles. The summed E-state index contributed by atoms with van der Waals surface area (Å²) in [5.74, 6) is 0.481. The van der Waals surface area contributed by atoms with Gasteiger partial charge in [0.1, 0.15) is 4.58 Å². The average Bonchev–Trinajstić information content (AvgIpc) is 1.87. The molecule has 61 valence electrons. The van der Waals surface area contributed by atoms with Gasteiger partial charge >= 0.3 is 0 Å². The largest absolute Gasteiger partial charge is 0.317 e. The van der Waals surface area contributed by atoms with Crippen molar-refractivity contribution in [1.82, 2.24) is 0 Å². The highest BCUT2D eigenvalue weighted by atomic mass is 32.2. The molecule has 0 unspecified atom stereocenters. The molecule has 0 rings (SSSR count). The molecule has 0 bridgehead atoms. The van der Waals surface area contributed by atoms with Crippen LogP contribution in [0.3, 0.4) is 0 Å². The zero-order valence-electron chi connectivity index (χ0n) is 6.71. The normalized spacial score (nSPS) is 11.4. The fourth-order valence-corrected chi connectivity index (χ4v) is 1.60. The van der Waals surface area contributed by atoms with Crippen molar-refractivity contribution in [2.24, 2.45) is 5.92 Å². The van der Waals surface area contributed by atoms with Gasteiger partial charge in [-0.25, -0.2) is 0 Å². The Kier molecular flexibility index (Phi) is 6.73. The van der Waals surface area contributed by atoms with E-state index in [1.165, 1.54) is 24.1 Å². The minimum Gasteiger partial charge on any atom is -0.317 e. The Hall–Kier alpha value is 0.620. The van der Waals surface area contributed by atoms with Gasteiger partial charge < -0.3 is 8.37 Å². The van der Waals surface area contributed by atoms with Gasteiger partial charge in [0.2, 0.25) is 0 Å². The fourth-order valence-electron chi connectivity index (χ4n) is 0.371. The highest BCUT2D eigenvalue weighted by Crippen LogP contribution is 2.38. The summed E-state index contributed by atoms with van der Waals surface area (Å²) in [7, 11) is 3.31. The van der Waals surface area contributed by atoms with Crippen LogP contribution in [0.4, 0.5) is 0 Å². The van der Waals surface area contributed by atoms with E-state index in [0.29, 0.717) is 5.92 Å². The molecule has 0 aliphatic rings. The van der Waals surface area contributed by atoms with Crippen LogP contribution < -0.4 is 0 Å². The number of hydrogen-bond donors (Lipinski definition) is 0. The van der Waals surface area contributed by atoms with Crippen LogP contribution in [0.15, 0.2) is 0 Å². The molecule has 0 aliphatic carbocycles. The maximum Gasteiger partial charge on any atom is 0.144 e. The summed E-state index contributed by atoms with van der Waals surface area (Å²) in [6, 6.07) is 0. The molecule has 1 radical (unpaired) electrons. The monoisotopic (exact) mass is 181 g/mol. The summed E-state index contributed by atoms with van der Waals surface area (Å²) < 4.78 is 10.9. The van der Waals surface area contributed by atoms with Gasteiger partial charge in [-0.2, -0.15) is 0 Å². The van der Waals surface area contributed by atoms with E-state index >= 15 is 0 Å². The van der Waals surface area contributed by atoms with Crippen molar-refractivity contribution >= 4 is 24.1 Å². The molecule has 0 fully saturated rings. The van der Waals surface area contributed by atoms with Crippen LogP contribution in [-0.2, 0) is 8.37 Å². The van der Waals surface area contributed by atoms with Crippen molar-refractivity contribution in [3.05, 3.63) is 4.58 Å². The van der Waals surface area contributed by atoms with Crippen molar-refractivity contribution in [1.29, 1.82) is 0 Å². The first-order valence-electron chi connectivity index (χ1n) is 3.00. The molecule has 0 spiro atoms. The van der Waals surface area contributed by atoms with Crippen LogP contribution in [0.5, 0.6) is 0 Å². The zero-order chi connectivity index (χ0) is 7.98. The highest BCUT2D eigenvalue weighted by Gasteiger charge is 2.16. The zero-order valence-corrected chi connectivity index (χ0v) is 8.34. The lowest BCUT2D eigenvalue weighted by Gasteiger charge is -2.13. The molecule has 0 aromatic rings. The quantitative estimate of drug-likeness (QED) is 0.607. The van der Waals surface area contributed by atoms with Crippen LogP contribution in [0.1, 0.15) is 13.8 Å². The first kappa shape index (κ1) is 10.6. The first-order chi connectivity index (χ1) is 4.72. The molecule has 0 saturated carbocycles. The Bertz CT molecular complexity index is 72.1. The van der Waals surface area contributed by atoms with E-state index in [1.807, 2.05) is 0 Å². The van der Waals surface area contributed by atoms with Crippen LogP contribution in [0, 0.1) is 10.5 Å². The molecule has 10 heavy (non-hydrogen) atoms. The van der Waals surface area contributed by atoms with Gasteiger partial charge in [-0.15, -0.1) is 0 Å². The Morgan fingerprint density at radius 1 is 1.10 bits per heavy atom. The minimum absolute atomic E-state index is 0.481. The number of rotatable bonds is 5. The molecule has 0 amide bonds. The molecule has 0 heterocycles. The predicted octanol–water partition coefficient (Wildman–Crippen LogP) is 2.72. The third-order valence-electron chi connectivity index (χ3n) is 0.802.